The maximum absolute atomic E-state index is 5.53. The van der Waals surface area contributed by atoms with Crippen LogP contribution in [0.25, 0.3) is 11.1 Å². The van der Waals surface area contributed by atoms with Crippen molar-refractivity contribution >= 4 is 29.8 Å². The third kappa shape index (κ3) is 9.03. The van der Waals surface area contributed by atoms with Gasteiger partial charge in [-0.25, -0.2) is 9.98 Å². The average Bonchev–Trinajstić information content (AvgIpc) is 3.27. The molecule has 7 aromatic rings. The van der Waals surface area contributed by atoms with Gasteiger partial charge in [0.05, 0.1) is 17.6 Å². The van der Waals surface area contributed by atoms with Crippen LogP contribution in [0.5, 0.6) is 0 Å². The van der Waals surface area contributed by atoms with Crippen molar-refractivity contribution in [3.8, 4) is 11.1 Å². The van der Waals surface area contributed by atoms with E-state index in [4.69, 9.17) is 15.0 Å². The molecule has 4 heteroatoms. The second-order valence-corrected chi connectivity index (χ2v) is 13.7. The van der Waals surface area contributed by atoms with E-state index in [-0.39, 0.29) is 0 Å². The van der Waals surface area contributed by atoms with E-state index < -0.39 is 5.41 Å². The second kappa shape index (κ2) is 19.2. The molecule has 7 aromatic carbocycles. The van der Waals surface area contributed by atoms with E-state index in [2.05, 4.69) is 160 Å². The molecule has 0 aromatic heterocycles. The molecule has 0 radical (unpaired) electrons. The minimum Gasteiger partial charge on any atom is -0.261 e. The van der Waals surface area contributed by atoms with Crippen LogP contribution in [0.1, 0.15) is 65.3 Å². The summed E-state index contributed by atoms with van der Waals surface area (Å²) >= 11 is 0. The third-order valence-corrected chi connectivity index (χ3v) is 10.1. The molecule has 0 amide bonds. The first-order valence-electron chi connectivity index (χ1n) is 19.6. The Morgan fingerprint density at radius 1 is 0.526 bits per heavy atom. The van der Waals surface area contributed by atoms with Gasteiger partial charge in [-0.3, -0.25) is 9.98 Å². The van der Waals surface area contributed by atoms with Gasteiger partial charge in [0.2, 0.25) is 0 Å². The Kier molecular flexibility index (Phi) is 13.4. The summed E-state index contributed by atoms with van der Waals surface area (Å²) in [6.07, 6.45) is 0. The summed E-state index contributed by atoms with van der Waals surface area (Å²) in [5.41, 5.74) is 12.3. The van der Waals surface area contributed by atoms with Gasteiger partial charge in [-0.1, -0.05) is 190 Å². The number of rotatable bonds is 10. The predicted molar refractivity (Wildman–Crippen MR) is 244 cm³/mol. The molecule has 0 heterocycles. The summed E-state index contributed by atoms with van der Waals surface area (Å²) in [6, 6.07) is 65.2. The van der Waals surface area contributed by atoms with Crippen molar-refractivity contribution in [2.45, 2.75) is 46.6 Å². The predicted octanol–water partition coefficient (Wildman–Crippen LogP) is 13.2. The fourth-order valence-corrected chi connectivity index (χ4v) is 7.31. The normalized spacial score (nSPS) is 12.1. The summed E-state index contributed by atoms with van der Waals surface area (Å²) in [7, 11) is 0. The molecule has 0 bridgehead atoms. The van der Waals surface area contributed by atoms with E-state index in [1.165, 1.54) is 22.3 Å². The molecule has 0 aliphatic carbocycles. The zero-order valence-electron chi connectivity index (χ0n) is 33.6. The number of amidine groups is 2. The molecule has 0 spiro atoms. The van der Waals surface area contributed by atoms with Gasteiger partial charge in [-0.15, -0.1) is 0 Å². The van der Waals surface area contributed by atoms with Crippen LogP contribution >= 0.6 is 0 Å². The van der Waals surface area contributed by atoms with Crippen molar-refractivity contribution in [3.63, 3.8) is 0 Å². The first kappa shape index (κ1) is 39.9. The fourth-order valence-electron chi connectivity index (χ4n) is 7.31. The Morgan fingerprint density at radius 2 is 1.05 bits per heavy atom. The number of nitrogens with zero attached hydrogens (tertiary/aromatic N) is 4. The molecule has 0 saturated heterocycles. The molecule has 0 atom stereocenters. The number of hydrogen-bond acceptors (Lipinski definition) is 2. The van der Waals surface area contributed by atoms with Crippen LogP contribution in [0.4, 0.5) is 5.69 Å². The largest absolute Gasteiger partial charge is 0.261 e. The van der Waals surface area contributed by atoms with E-state index in [0.29, 0.717) is 18.2 Å². The molecule has 57 heavy (non-hydrogen) atoms. The zero-order valence-corrected chi connectivity index (χ0v) is 33.6. The van der Waals surface area contributed by atoms with Crippen LogP contribution in [0.2, 0.25) is 0 Å². The fraction of sp³-hybridized carbons (Fsp3) is 0.132. The van der Waals surface area contributed by atoms with Crippen molar-refractivity contribution in [2.75, 3.05) is 0 Å². The zero-order chi connectivity index (χ0) is 40.0. The summed E-state index contributed by atoms with van der Waals surface area (Å²) in [5, 5.41) is 0. The first-order valence-corrected chi connectivity index (χ1v) is 19.6. The Hall–Kier alpha value is -6.78. The topological polar surface area (TPSA) is 49.4 Å². The summed E-state index contributed by atoms with van der Waals surface area (Å²) in [4.78, 5) is 19.7. The smallest absolute Gasteiger partial charge is 0.161 e. The van der Waals surface area contributed by atoms with Crippen molar-refractivity contribution in [3.05, 3.63) is 233 Å². The molecule has 0 saturated carbocycles. The number of benzene rings is 7. The summed E-state index contributed by atoms with van der Waals surface area (Å²) in [6.45, 7) is 14.7. The highest BCUT2D eigenvalue weighted by Gasteiger charge is 2.40. The highest BCUT2D eigenvalue weighted by atomic mass is 15.0. The Bertz CT molecular complexity index is 2440. The summed E-state index contributed by atoms with van der Waals surface area (Å²) < 4.78 is 0. The van der Waals surface area contributed by atoms with E-state index in [1.54, 1.807) is 0 Å². The van der Waals surface area contributed by atoms with Crippen molar-refractivity contribution in [1.29, 1.82) is 0 Å². The molecule has 0 N–H and O–H groups in total. The maximum Gasteiger partial charge on any atom is 0.161 e. The van der Waals surface area contributed by atoms with Crippen LogP contribution in [-0.4, -0.2) is 24.1 Å². The average molecular weight is 743 g/mol. The van der Waals surface area contributed by atoms with Crippen LogP contribution in [0.3, 0.4) is 0 Å². The van der Waals surface area contributed by atoms with Crippen molar-refractivity contribution in [2.24, 2.45) is 20.0 Å². The quantitative estimate of drug-likeness (QED) is 0.0761. The lowest BCUT2D eigenvalue weighted by Crippen LogP contribution is -2.37. The Balaban J connectivity index is 0.00000270. The highest BCUT2D eigenvalue weighted by molar-refractivity contribution is 6.12. The number of aryl methyl sites for hydroxylation is 2. The monoisotopic (exact) mass is 742 g/mol. The molecule has 0 fully saturated rings. The van der Waals surface area contributed by atoms with Gasteiger partial charge in [0.1, 0.15) is 0 Å². The SMILES string of the molecule is C=NC(=NC(=NCc1cccc(-c2ccc(C)c(N=C(C)C(c3ccccc3)(c3ccccc3)c3ccccc3C)c2)c1)c1ccccc1)c1ccccc1.CC. The van der Waals surface area contributed by atoms with Gasteiger partial charge in [-0.05, 0) is 84.1 Å². The van der Waals surface area contributed by atoms with E-state index in [9.17, 15) is 0 Å². The lowest BCUT2D eigenvalue weighted by Gasteiger charge is -2.37. The molecular weight excluding hydrogens is 693 g/mol. The maximum atomic E-state index is 5.53. The lowest BCUT2D eigenvalue weighted by molar-refractivity contribution is 0.813. The van der Waals surface area contributed by atoms with Gasteiger partial charge in [0, 0.05) is 16.8 Å². The molecule has 4 nitrogen and oxygen atoms in total. The number of hydrogen-bond donors (Lipinski definition) is 0. The van der Waals surface area contributed by atoms with Gasteiger partial charge in [0.25, 0.3) is 0 Å². The van der Waals surface area contributed by atoms with Crippen LogP contribution in [0.15, 0.2) is 208 Å². The van der Waals surface area contributed by atoms with E-state index in [1.807, 2.05) is 74.5 Å². The first-order chi connectivity index (χ1) is 28.0. The van der Waals surface area contributed by atoms with Crippen LogP contribution in [-0.2, 0) is 12.0 Å². The van der Waals surface area contributed by atoms with Crippen molar-refractivity contribution in [1.82, 2.24) is 0 Å². The van der Waals surface area contributed by atoms with Gasteiger partial charge < -0.3 is 0 Å². The van der Waals surface area contributed by atoms with Gasteiger partial charge >= 0.3 is 0 Å². The summed E-state index contributed by atoms with van der Waals surface area (Å²) in [5.74, 6) is 1.14. The molecule has 0 aliphatic heterocycles. The molecule has 7 rings (SSSR count). The van der Waals surface area contributed by atoms with Crippen LogP contribution < -0.4 is 0 Å². The van der Waals surface area contributed by atoms with E-state index >= 15 is 0 Å². The highest BCUT2D eigenvalue weighted by Crippen LogP contribution is 2.43. The third-order valence-electron chi connectivity index (χ3n) is 10.1. The molecule has 0 aliphatic rings. The molecule has 282 valence electrons. The molecular formula is C53H50N4. The lowest BCUT2D eigenvalue weighted by atomic mass is 9.65. The van der Waals surface area contributed by atoms with Gasteiger partial charge in [0.15, 0.2) is 11.7 Å². The van der Waals surface area contributed by atoms with Crippen molar-refractivity contribution < 1.29 is 0 Å². The second-order valence-electron chi connectivity index (χ2n) is 13.7. The minimum atomic E-state index is -0.603. The van der Waals surface area contributed by atoms with E-state index in [0.717, 1.165) is 44.8 Å². The molecule has 0 unspecified atom stereocenters. The number of aliphatic imine (C=N–C) groups is 4. The minimum absolute atomic E-state index is 0.448. The van der Waals surface area contributed by atoms with Gasteiger partial charge in [-0.2, -0.15) is 0 Å². The standard InChI is InChI=1S/C51H44N4.C2H6/c1-37-20-17-18-31-47(37)51(45-27-13-7-14-28-45,46-29-15-8-16-30-46)39(3)54-48-35-44(33-32-38(48)2)43-26-19-21-40(34-43)36-53-50(42-24-11-6-12-25-42)55-49(52-4)41-22-9-5-10-23-41;1-2/h5-35H,4,36H2,1-3H3;1-2H3. The van der Waals surface area contributed by atoms with Crippen LogP contribution in [0, 0.1) is 13.8 Å². The Labute approximate surface area is 338 Å². The Morgan fingerprint density at radius 3 is 1.63 bits per heavy atom.